The number of likely N-dealkylation sites (tertiary alicyclic amines) is 2. The first-order chi connectivity index (χ1) is 26.7. The second-order valence-electron chi connectivity index (χ2n) is 16.0. The Labute approximate surface area is 331 Å². The number of nitrogens with zero attached hydrogens (tertiary/aromatic N) is 4. The Balaban J connectivity index is 1.36. The summed E-state index contributed by atoms with van der Waals surface area (Å²) in [4.78, 5) is 65.0. The van der Waals surface area contributed by atoms with Crippen molar-refractivity contribution in [3.63, 3.8) is 0 Å². The molecule has 3 heterocycles. The molecule has 0 spiro atoms. The van der Waals surface area contributed by atoms with Crippen LogP contribution >= 0.6 is 0 Å². The summed E-state index contributed by atoms with van der Waals surface area (Å²) in [5, 5.41) is 3.61. The van der Waals surface area contributed by atoms with E-state index in [1.807, 2.05) is 80.3 Å². The summed E-state index contributed by atoms with van der Waals surface area (Å²) in [5.41, 5.74) is 0.0462. The fraction of sp³-hybridized carbons (Fsp3) is 0.500. The number of nitrogens with one attached hydrogen (secondary N) is 1. The van der Waals surface area contributed by atoms with Crippen molar-refractivity contribution in [3.05, 3.63) is 67.3 Å². The summed E-state index contributed by atoms with van der Waals surface area (Å²) in [5.74, 6) is -1.84. The number of carbonyl (C=O) groups excluding carboxylic acids is 4. The zero-order valence-corrected chi connectivity index (χ0v) is 33.7. The average molecular weight is 788 g/mol. The molecular formula is C42H53N5O8S. The van der Waals surface area contributed by atoms with Gasteiger partial charge in [0.05, 0.1) is 30.8 Å². The second kappa shape index (κ2) is 16.7. The summed E-state index contributed by atoms with van der Waals surface area (Å²) in [6, 6.07) is 15.9. The zero-order valence-electron chi connectivity index (χ0n) is 32.9. The Hall–Kier alpha value is -4.82. The van der Waals surface area contributed by atoms with E-state index in [1.165, 1.54) is 4.90 Å². The first-order valence-corrected chi connectivity index (χ1v) is 20.4. The van der Waals surface area contributed by atoms with E-state index in [9.17, 15) is 27.9 Å². The van der Waals surface area contributed by atoms with Gasteiger partial charge in [-0.05, 0) is 50.2 Å². The van der Waals surface area contributed by atoms with Crippen molar-refractivity contribution < 1.29 is 37.4 Å². The number of methoxy groups -OCH3 is 1. The fourth-order valence-electron chi connectivity index (χ4n) is 7.99. The minimum absolute atomic E-state index is 0.00923. The van der Waals surface area contributed by atoms with E-state index in [1.54, 1.807) is 20.1 Å². The highest BCUT2D eigenvalue weighted by Gasteiger charge is 2.62. The molecular weight excluding hydrogens is 735 g/mol. The maximum Gasteiger partial charge on any atom is 0.264 e. The molecule has 3 aromatic rings. The minimum atomic E-state index is -2.61. The molecule has 56 heavy (non-hydrogen) atoms. The number of benzene rings is 2. The topological polar surface area (TPSA) is 159 Å². The average Bonchev–Trinajstić information content (AvgIpc) is 3.74. The monoisotopic (exact) mass is 787 g/mol. The summed E-state index contributed by atoms with van der Waals surface area (Å²) in [7, 11) is 1.58. The molecule has 3 fully saturated rings. The first-order valence-electron chi connectivity index (χ1n) is 19.4. The molecule has 6 rings (SSSR count). The molecule has 1 aliphatic carbocycles. The Morgan fingerprint density at radius 3 is 2.43 bits per heavy atom. The minimum Gasteiger partial charge on any atom is -0.497 e. The van der Waals surface area contributed by atoms with E-state index < -0.39 is 58.0 Å². The predicted octanol–water partition coefficient (Wildman–Crippen LogP) is 5.37. The van der Waals surface area contributed by atoms with E-state index in [0.29, 0.717) is 41.2 Å². The highest BCUT2D eigenvalue weighted by molar-refractivity contribution is 7.77. The van der Waals surface area contributed by atoms with Crippen molar-refractivity contribution in [2.45, 2.75) is 83.9 Å². The van der Waals surface area contributed by atoms with Crippen LogP contribution in [0.5, 0.6) is 11.5 Å². The summed E-state index contributed by atoms with van der Waals surface area (Å²) in [6.45, 7) is 12.4. The molecule has 14 heteroatoms. The maximum absolute atomic E-state index is 14.9. The number of hydrogen-bond donors (Lipinski definition) is 2. The molecule has 2 aromatic carbocycles. The van der Waals surface area contributed by atoms with Gasteiger partial charge in [-0.2, -0.15) is 0 Å². The Morgan fingerprint density at radius 1 is 1.11 bits per heavy atom. The number of fused-ring (bicyclic) bond motifs is 1. The SMILES string of the molecule is C=C[C@@H]1C[C@]1(NC(=O)[C@@H]1C[C@@H](Oc2cc(-c3ccccc3)nc3cc(OC)ccc23)CN1C(=O)[C@@H](CC(=O)N1CCCCC1)C(C)(C)C)C(=O)N(CC)S(=O)O. The van der Waals surface area contributed by atoms with Crippen LogP contribution in [0.3, 0.4) is 0 Å². The van der Waals surface area contributed by atoms with Crippen molar-refractivity contribution in [2.24, 2.45) is 17.3 Å². The molecule has 2 aliphatic heterocycles. The van der Waals surface area contributed by atoms with Crippen LogP contribution < -0.4 is 14.8 Å². The summed E-state index contributed by atoms with van der Waals surface area (Å²) in [6.07, 6.45) is 4.05. The smallest absolute Gasteiger partial charge is 0.264 e. The van der Waals surface area contributed by atoms with Crippen LogP contribution in [0, 0.1) is 17.3 Å². The van der Waals surface area contributed by atoms with Gasteiger partial charge in [-0.1, -0.05) is 57.2 Å². The second-order valence-corrected chi connectivity index (χ2v) is 16.9. The summed E-state index contributed by atoms with van der Waals surface area (Å²) < 4.78 is 35.1. The van der Waals surface area contributed by atoms with Crippen molar-refractivity contribution in [3.8, 4) is 22.8 Å². The van der Waals surface area contributed by atoms with Gasteiger partial charge >= 0.3 is 0 Å². The number of hydrogen-bond acceptors (Lipinski definition) is 8. The molecule has 13 nitrogen and oxygen atoms in total. The number of piperidine rings is 1. The Bertz CT molecular complexity index is 2000. The van der Waals surface area contributed by atoms with Gasteiger partial charge in [0.25, 0.3) is 17.2 Å². The number of amides is 4. The fourth-order valence-corrected chi connectivity index (χ4v) is 8.52. The van der Waals surface area contributed by atoms with Crippen molar-refractivity contribution in [1.29, 1.82) is 0 Å². The van der Waals surface area contributed by atoms with Crippen molar-refractivity contribution in [2.75, 3.05) is 33.3 Å². The quantitative estimate of drug-likeness (QED) is 0.172. The lowest BCUT2D eigenvalue weighted by molar-refractivity contribution is -0.149. The number of aromatic nitrogens is 1. The van der Waals surface area contributed by atoms with Crippen molar-refractivity contribution in [1.82, 2.24) is 24.4 Å². The lowest BCUT2D eigenvalue weighted by Gasteiger charge is -2.36. The predicted molar refractivity (Wildman–Crippen MR) is 214 cm³/mol. The number of likely N-dealkylation sites (N-methyl/N-ethyl adjacent to an activating group) is 1. The maximum atomic E-state index is 14.9. The largest absolute Gasteiger partial charge is 0.497 e. The van der Waals surface area contributed by atoms with Crippen LogP contribution in [0.2, 0.25) is 0 Å². The van der Waals surface area contributed by atoms with Gasteiger partial charge < -0.3 is 24.6 Å². The molecule has 2 N–H and O–H groups in total. The number of carbonyl (C=O) groups is 4. The lowest BCUT2D eigenvalue weighted by Crippen LogP contribution is -2.57. The Kier molecular flexibility index (Phi) is 12.2. The third-order valence-electron chi connectivity index (χ3n) is 11.4. The highest BCUT2D eigenvalue weighted by atomic mass is 32.2. The Morgan fingerprint density at radius 2 is 1.82 bits per heavy atom. The zero-order chi connectivity index (χ0) is 40.4. The molecule has 0 bridgehead atoms. The molecule has 3 aliphatic rings. The van der Waals surface area contributed by atoms with Gasteiger partial charge in [0.2, 0.25) is 17.7 Å². The van der Waals surface area contributed by atoms with Gasteiger partial charge in [-0.3, -0.25) is 23.7 Å². The first kappa shape index (κ1) is 40.8. The van der Waals surface area contributed by atoms with Crippen LogP contribution in [0.1, 0.15) is 66.2 Å². The van der Waals surface area contributed by atoms with Crippen LogP contribution in [0.15, 0.2) is 67.3 Å². The molecule has 1 aromatic heterocycles. The molecule has 300 valence electrons. The van der Waals surface area contributed by atoms with E-state index in [-0.39, 0.29) is 44.2 Å². The van der Waals surface area contributed by atoms with Crippen LogP contribution in [-0.2, 0) is 30.4 Å². The highest BCUT2D eigenvalue weighted by Crippen LogP contribution is 2.46. The van der Waals surface area contributed by atoms with Gasteiger partial charge in [0, 0.05) is 61.5 Å². The van der Waals surface area contributed by atoms with Crippen LogP contribution in [0.4, 0.5) is 0 Å². The molecule has 2 saturated heterocycles. The molecule has 6 atom stereocenters. The normalized spacial score (nSPS) is 23.2. The molecule has 1 saturated carbocycles. The standard InChI is InChI=1S/C42H53N5O8S/c1-7-28-25-42(28,40(51)47(8-2)56(52)53)44-38(49)35-22-30(26-46(35)39(50)32(41(3,4)5)23-37(48)45-19-13-10-14-20-45)55-36-24-33(27-15-11-9-12-16-27)43-34-21-29(54-6)17-18-31(34)36/h7,9,11-12,15-18,21,24,28,30,32,35H,1,8,10,13-14,19-20,22-23,25-26H2,2-6H3,(H,44,49)(H,52,53)/t28-,30-,32-,35+,42-/m1/s1. The molecule has 4 amide bonds. The van der Waals surface area contributed by atoms with E-state index in [2.05, 4.69) is 11.9 Å². The van der Waals surface area contributed by atoms with Crippen molar-refractivity contribution >= 4 is 45.8 Å². The lowest BCUT2D eigenvalue weighted by atomic mass is 9.77. The molecule has 0 radical (unpaired) electrons. The van der Waals surface area contributed by atoms with Gasteiger partial charge in [-0.25, -0.2) is 13.5 Å². The van der Waals surface area contributed by atoms with Gasteiger partial charge in [0.1, 0.15) is 29.2 Å². The number of ether oxygens (including phenoxy) is 2. The third-order valence-corrected chi connectivity index (χ3v) is 12.2. The molecule has 1 unspecified atom stereocenters. The van der Waals surface area contributed by atoms with E-state index in [4.69, 9.17) is 14.5 Å². The van der Waals surface area contributed by atoms with Crippen LogP contribution in [0.25, 0.3) is 22.2 Å². The third kappa shape index (κ3) is 8.46. The summed E-state index contributed by atoms with van der Waals surface area (Å²) >= 11 is -2.61. The van der Waals surface area contributed by atoms with E-state index >= 15 is 0 Å². The van der Waals surface area contributed by atoms with E-state index in [0.717, 1.165) is 29.1 Å². The van der Waals surface area contributed by atoms with Gasteiger partial charge in [0.15, 0.2) is 0 Å². The van der Waals surface area contributed by atoms with Crippen LogP contribution in [-0.4, -0.2) is 102 Å². The number of rotatable bonds is 13. The van der Waals surface area contributed by atoms with Gasteiger partial charge in [-0.15, -0.1) is 6.58 Å². The number of pyridine rings is 1.